The zero-order valence-electron chi connectivity index (χ0n) is 8.06. The highest BCUT2D eigenvalue weighted by atomic mass is 19.4. The van der Waals surface area contributed by atoms with E-state index in [1.54, 1.807) is 6.07 Å². The zero-order chi connectivity index (χ0) is 11.5. The van der Waals surface area contributed by atoms with E-state index in [2.05, 4.69) is 6.58 Å². The molecule has 0 N–H and O–H groups in total. The van der Waals surface area contributed by atoms with Crippen LogP contribution in [0.2, 0.25) is 0 Å². The zero-order valence-corrected chi connectivity index (χ0v) is 8.06. The average molecular weight is 214 g/mol. The Hall–Kier alpha value is -1.67. The van der Waals surface area contributed by atoms with Crippen molar-refractivity contribution < 1.29 is 17.9 Å². The first-order valence-corrected chi connectivity index (χ1v) is 4.10. The predicted molar refractivity (Wildman–Crippen MR) is 51.6 cm³/mol. The largest absolute Gasteiger partial charge is 0.497 e. The van der Waals surface area contributed by atoms with Gasteiger partial charge in [0.25, 0.3) is 0 Å². The van der Waals surface area contributed by atoms with Gasteiger partial charge in [0.2, 0.25) is 0 Å². The summed E-state index contributed by atoms with van der Waals surface area (Å²) < 4.78 is 42.2. The molecule has 0 heterocycles. The van der Waals surface area contributed by atoms with E-state index in [-0.39, 0.29) is 5.56 Å². The van der Waals surface area contributed by atoms with Gasteiger partial charge in [-0.05, 0) is 17.7 Å². The summed E-state index contributed by atoms with van der Waals surface area (Å²) >= 11 is 0. The second-order valence-corrected chi connectivity index (χ2v) is 2.78. The third-order valence-electron chi connectivity index (χ3n) is 1.82. The van der Waals surface area contributed by atoms with Gasteiger partial charge >= 0.3 is 6.18 Å². The van der Waals surface area contributed by atoms with Gasteiger partial charge in [0.15, 0.2) is 0 Å². The number of halogens is 3. The van der Waals surface area contributed by atoms with Gasteiger partial charge in [0.05, 0.1) is 7.11 Å². The molecule has 0 aliphatic carbocycles. The summed E-state index contributed by atoms with van der Waals surface area (Å²) in [5, 5.41) is 0. The first kappa shape index (κ1) is 11.4. The van der Waals surface area contributed by atoms with Crippen molar-refractivity contribution in [2.24, 2.45) is 0 Å². The minimum absolute atomic E-state index is 0.00292. The highest BCUT2D eigenvalue weighted by Crippen LogP contribution is 2.33. The van der Waals surface area contributed by atoms with Crippen molar-refractivity contribution in [1.82, 2.24) is 0 Å². The van der Waals surface area contributed by atoms with E-state index < -0.39 is 11.7 Å². The van der Waals surface area contributed by atoms with Gasteiger partial charge in [0, 0.05) is 0 Å². The molecule has 0 aliphatic rings. The number of hydrogen-bond acceptors (Lipinski definition) is 1. The first-order chi connectivity index (χ1) is 6.99. The molecule has 4 heteroatoms. The van der Waals surface area contributed by atoms with Crippen LogP contribution in [-0.4, -0.2) is 13.3 Å². The SMILES string of the molecule is C=C=C(c1cccc(OC)c1)C(F)(F)F. The number of rotatable bonds is 2. The molecule has 15 heavy (non-hydrogen) atoms. The molecule has 0 radical (unpaired) electrons. The molecule has 80 valence electrons. The van der Waals surface area contributed by atoms with Gasteiger partial charge in [-0.15, -0.1) is 5.73 Å². The molecule has 0 bridgehead atoms. The minimum atomic E-state index is -4.45. The molecule has 1 nitrogen and oxygen atoms in total. The van der Waals surface area contributed by atoms with Crippen LogP contribution in [0.1, 0.15) is 5.56 Å². The summed E-state index contributed by atoms with van der Waals surface area (Å²) in [7, 11) is 1.39. The second kappa shape index (κ2) is 4.24. The van der Waals surface area contributed by atoms with Crippen molar-refractivity contribution in [1.29, 1.82) is 0 Å². The monoisotopic (exact) mass is 214 g/mol. The van der Waals surface area contributed by atoms with Crippen molar-refractivity contribution in [2.45, 2.75) is 6.18 Å². The van der Waals surface area contributed by atoms with E-state index >= 15 is 0 Å². The number of methoxy groups -OCH3 is 1. The van der Waals surface area contributed by atoms with Gasteiger partial charge in [-0.25, -0.2) is 0 Å². The van der Waals surface area contributed by atoms with E-state index in [0.29, 0.717) is 5.75 Å². The van der Waals surface area contributed by atoms with Gasteiger partial charge in [-0.1, -0.05) is 18.7 Å². The molecular weight excluding hydrogens is 205 g/mol. The summed E-state index contributed by atoms with van der Waals surface area (Å²) in [6.45, 7) is 3.04. The third kappa shape index (κ3) is 2.64. The highest BCUT2D eigenvalue weighted by Gasteiger charge is 2.34. The topological polar surface area (TPSA) is 9.23 Å². The maximum absolute atomic E-state index is 12.5. The molecule has 0 aliphatic heterocycles. The fraction of sp³-hybridized carbons (Fsp3) is 0.182. The van der Waals surface area contributed by atoms with Crippen LogP contribution in [0.4, 0.5) is 13.2 Å². The van der Waals surface area contributed by atoms with Gasteiger partial charge < -0.3 is 4.74 Å². The van der Waals surface area contributed by atoms with Gasteiger partial charge in [-0.3, -0.25) is 0 Å². The lowest BCUT2D eigenvalue weighted by Gasteiger charge is -2.10. The average Bonchev–Trinajstić information content (AvgIpc) is 2.17. The number of benzene rings is 1. The number of ether oxygens (including phenoxy) is 1. The highest BCUT2D eigenvalue weighted by molar-refractivity contribution is 5.69. The molecule has 0 saturated heterocycles. The Labute approximate surface area is 85.5 Å². The van der Waals surface area contributed by atoms with E-state index in [4.69, 9.17) is 4.74 Å². The lowest BCUT2D eigenvalue weighted by molar-refractivity contribution is -0.0687. The number of allylic oxidation sites excluding steroid dienone is 1. The van der Waals surface area contributed by atoms with Crippen LogP contribution in [0.3, 0.4) is 0 Å². The Bertz CT molecular complexity index is 401. The van der Waals surface area contributed by atoms with Crippen molar-refractivity contribution in [3.05, 3.63) is 42.1 Å². The third-order valence-corrected chi connectivity index (χ3v) is 1.82. The Balaban J connectivity index is 3.20. The van der Waals surface area contributed by atoms with Crippen molar-refractivity contribution >= 4 is 5.57 Å². The molecule has 1 rings (SSSR count). The fourth-order valence-electron chi connectivity index (χ4n) is 1.14. The van der Waals surface area contributed by atoms with Crippen LogP contribution in [0.25, 0.3) is 5.57 Å². The van der Waals surface area contributed by atoms with Crippen molar-refractivity contribution in [3.8, 4) is 5.75 Å². The molecule has 0 amide bonds. The van der Waals surface area contributed by atoms with Gasteiger partial charge in [-0.2, -0.15) is 13.2 Å². The second-order valence-electron chi connectivity index (χ2n) is 2.78. The Morgan fingerprint density at radius 3 is 2.53 bits per heavy atom. The fourth-order valence-corrected chi connectivity index (χ4v) is 1.14. The normalized spacial score (nSPS) is 10.7. The van der Waals surface area contributed by atoms with Crippen LogP contribution < -0.4 is 4.74 Å². The summed E-state index contributed by atoms with van der Waals surface area (Å²) in [5.41, 5.74) is 1.01. The molecule has 0 fully saturated rings. The molecule has 1 aromatic carbocycles. The van der Waals surface area contributed by atoms with Crippen LogP contribution in [-0.2, 0) is 0 Å². The lowest BCUT2D eigenvalue weighted by Crippen LogP contribution is -2.09. The van der Waals surface area contributed by atoms with Crippen LogP contribution in [0.5, 0.6) is 5.75 Å². The first-order valence-electron chi connectivity index (χ1n) is 4.10. The predicted octanol–water partition coefficient (Wildman–Crippen LogP) is 3.43. The molecule has 0 atom stereocenters. The van der Waals surface area contributed by atoms with Gasteiger partial charge in [0.1, 0.15) is 11.3 Å². The maximum atomic E-state index is 12.5. The van der Waals surface area contributed by atoms with Crippen LogP contribution in [0, 0.1) is 0 Å². The Morgan fingerprint density at radius 2 is 2.07 bits per heavy atom. The van der Waals surface area contributed by atoms with Crippen LogP contribution in [0.15, 0.2) is 36.6 Å². The summed E-state index contributed by atoms with van der Waals surface area (Å²) in [4.78, 5) is 0. The number of hydrogen-bond donors (Lipinski definition) is 0. The summed E-state index contributed by atoms with van der Waals surface area (Å²) in [6.07, 6.45) is -4.45. The molecule has 0 saturated carbocycles. The quantitative estimate of drug-likeness (QED) is 0.685. The minimum Gasteiger partial charge on any atom is -0.497 e. The lowest BCUT2D eigenvalue weighted by atomic mass is 10.1. The smallest absolute Gasteiger partial charge is 0.424 e. The van der Waals surface area contributed by atoms with E-state index in [9.17, 15) is 13.2 Å². The van der Waals surface area contributed by atoms with E-state index in [1.165, 1.54) is 25.3 Å². The molecule has 1 aromatic rings. The molecule has 0 spiro atoms. The maximum Gasteiger partial charge on any atom is 0.424 e. The van der Waals surface area contributed by atoms with E-state index in [1.807, 2.05) is 5.73 Å². The molecule has 0 unspecified atom stereocenters. The summed E-state index contributed by atoms with van der Waals surface area (Å²) in [6, 6.07) is 5.68. The number of alkyl halides is 3. The Kier molecular flexibility index (Phi) is 3.22. The molecule has 0 aromatic heterocycles. The standard InChI is InChI=1S/C11H9F3O/c1-3-10(11(12,13)14)8-5-4-6-9(7-8)15-2/h4-7H,1H2,2H3. The molecular formula is C11H9F3O. The Morgan fingerprint density at radius 1 is 1.40 bits per heavy atom. The summed E-state index contributed by atoms with van der Waals surface area (Å²) in [5.74, 6) is 0.365. The van der Waals surface area contributed by atoms with Crippen molar-refractivity contribution in [2.75, 3.05) is 7.11 Å². The van der Waals surface area contributed by atoms with Crippen LogP contribution >= 0.6 is 0 Å². The van der Waals surface area contributed by atoms with E-state index in [0.717, 1.165) is 0 Å². The van der Waals surface area contributed by atoms with Crippen molar-refractivity contribution in [3.63, 3.8) is 0 Å².